The molecule has 2 heterocycles. The quantitative estimate of drug-likeness (QED) is 0.305. The highest BCUT2D eigenvalue weighted by molar-refractivity contribution is 7.22. The minimum Gasteiger partial charge on any atom is -0.482 e. The number of rotatable bonds is 6. The third-order valence-corrected chi connectivity index (χ3v) is 6.25. The molecule has 0 fully saturated rings. The minimum absolute atomic E-state index is 0.211. The van der Waals surface area contributed by atoms with E-state index in [1.165, 1.54) is 11.3 Å². The van der Waals surface area contributed by atoms with Gasteiger partial charge in [-0.1, -0.05) is 52.2 Å². The van der Waals surface area contributed by atoms with Gasteiger partial charge in [-0.15, -0.1) is 0 Å². The molecule has 4 rings (SSSR count). The molecule has 4 aromatic rings. The number of thiazole rings is 1. The van der Waals surface area contributed by atoms with E-state index >= 15 is 0 Å². The number of hydrogen-bond acceptors (Lipinski definition) is 5. The van der Waals surface area contributed by atoms with Crippen LogP contribution in [-0.2, 0) is 11.3 Å². The molecule has 1 amide bonds. The van der Waals surface area contributed by atoms with Crippen molar-refractivity contribution in [1.29, 1.82) is 0 Å². The largest absolute Gasteiger partial charge is 0.482 e. The Balaban J connectivity index is 1.64. The molecule has 0 unspecified atom stereocenters. The Bertz CT molecular complexity index is 1250. The molecule has 0 atom stereocenters. The first-order valence-electron chi connectivity index (χ1n) is 9.24. The molecule has 0 bridgehead atoms. The van der Waals surface area contributed by atoms with E-state index in [9.17, 15) is 4.79 Å². The lowest BCUT2D eigenvalue weighted by Crippen LogP contribution is -2.34. The lowest BCUT2D eigenvalue weighted by molar-refractivity contribution is -0.120. The zero-order valence-electron chi connectivity index (χ0n) is 16.3. The van der Waals surface area contributed by atoms with Crippen LogP contribution in [0.1, 0.15) is 11.1 Å². The van der Waals surface area contributed by atoms with Crippen molar-refractivity contribution in [3.8, 4) is 5.75 Å². The Hall–Kier alpha value is -2.38. The molecule has 0 aliphatic heterocycles. The summed E-state index contributed by atoms with van der Waals surface area (Å²) >= 11 is 19.7. The van der Waals surface area contributed by atoms with E-state index in [4.69, 9.17) is 44.5 Å². The van der Waals surface area contributed by atoms with Gasteiger partial charge in [0.15, 0.2) is 11.7 Å². The van der Waals surface area contributed by atoms with E-state index in [1.54, 1.807) is 35.5 Å². The van der Waals surface area contributed by atoms with Crippen LogP contribution < -0.4 is 9.64 Å². The van der Waals surface area contributed by atoms with Crippen molar-refractivity contribution in [2.45, 2.75) is 13.5 Å². The van der Waals surface area contributed by atoms with Gasteiger partial charge in [-0.25, -0.2) is 4.98 Å². The summed E-state index contributed by atoms with van der Waals surface area (Å²) in [5.41, 5.74) is 2.63. The summed E-state index contributed by atoms with van der Waals surface area (Å²) in [5.74, 6) is 0.116. The summed E-state index contributed by atoms with van der Waals surface area (Å²) in [5, 5.41) is 2.01. The van der Waals surface area contributed by atoms with Crippen LogP contribution in [0.25, 0.3) is 10.2 Å². The van der Waals surface area contributed by atoms with Crippen LogP contribution in [-0.4, -0.2) is 22.5 Å². The molecule has 5 nitrogen and oxygen atoms in total. The maximum atomic E-state index is 13.2. The number of halogens is 3. The Morgan fingerprint density at radius 3 is 2.71 bits per heavy atom. The fourth-order valence-electron chi connectivity index (χ4n) is 3.00. The maximum absolute atomic E-state index is 13.2. The molecule has 0 spiro atoms. The molecule has 0 aliphatic carbocycles. The van der Waals surface area contributed by atoms with E-state index in [1.807, 2.05) is 31.2 Å². The topological polar surface area (TPSA) is 55.3 Å². The maximum Gasteiger partial charge on any atom is 0.267 e. The summed E-state index contributed by atoms with van der Waals surface area (Å²) in [6.07, 6.45) is 3.40. The average Bonchev–Trinajstić information content (AvgIpc) is 3.16. The van der Waals surface area contributed by atoms with Crippen LogP contribution in [0.4, 0.5) is 5.13 Å². The lowest BCUT2D eigenvalue weighted by Gasteiger charge is -2.20. The smallest absolute Gasteiger partial charge is 0.267 e. The molecule has 0 aliphatic rings. The fraction of sp³-hybridized carbons (Fsp3) is 0.136. The molecule has 9 heteroatoms. The van der Waals surface area contributed by atoms with Gasteiger partial charge in [-0.3, -0.25) is 14.7 Å². The second-order valence-corrected chi connectivity index (χ2v) is 9.06. The fourth-order valence-corrected chi connectivity index (χ4v) is 4.90. The van der Waals surface area contributed by atoms with E-state index < -0.39 is 0 Å². The number of carbonyl (C=O) groups is 1. The van der Waals surface area contributed by atoms with Crippen LogP contribution in [0.2, 0.25) is 15.1 Å². The van der Waals surface area contributed by atoms with Gasteiger partial charge in [-0.05, 0) is 54.4 Å². The number of amides is 1. The van der Waals surface area contributed by atoms with Crippen molar-refractivity contribution in [3.63, 3.8) is 0 Å². The SMILES string of the molecule is Cc1cc(Cl)cc2sc(N(Cc3cccnc3)C(=O)COc3ccc(Cl)cc3Cl)nc12. The van der Waals surface area contributed by atoms with Crippen molar-refractivity contribution >= 4 is 67.4 Å². The van der Waals surface area contributed by atoms with E-state index in [0.717, 1.165) is 21.3 Å². The van der Waals surface area contributed by atoms with E-state index in [0.29, 0.717) is 32.5 Å². The molecule has 0 saturated carbocycles. The minimum atomic E-state index is -0.266. The average molecular weight is 493 g/mol. The number of aryl methyl sites for hydroxylation is 1. The highest BCUT2D eigenvalue weighted by atomic mass is 35.5. The zero-order valence-corrected chi connectivity index (χ0v) is 19.4. The number of nitrogens with zero attached hydrogens (tertiary/aromatic N) is 3. The normalized spacial score (nSPS) is 11.0. The summed E-state index contributed by atoms with van der Waals surface area (Å²) in [4.78, 5) is 23.6. The highest BCUT2D eigenvalue weighted by Crippen LogP contribution is 2.34. The molecule has 0 N–H and O–H groups in total. The first kappa shape index (κ1) is 21.8. The second kappa shape index (κ2) is 9.40. The van der Waals surface area contributed by atoms with Gasteiger partial charge in [0.25, 0.3) is 5.91 Å². The van der Waals surface area contributed by atoms with Crippen LogP contribution in [0.3, 0.4) is 0 Å². The van der Waals surface area contributed by atoms with Crippen molar-refractivity contribution < 1.29 is 9.53 Å². The summed E-state index contributed by atoms with van der Waals surface area (Å²) in [7, 11) is 0. The van der Waals surface area contributed by atoms with Crippen LogP contribution in [0, 0.1) is 6.92 Å². The molecule has 2 aromatic carbocycles. The first-order valence-corrected chi connectivity index (χ1v) is 11.2. The van der Waals surface area contributed by atoms with Gasteiger partial charge in [0.2, 0.25) is 0 Å². The number of aromatic nitrogens is 2. The van der Waals surface area contributed by atoms with Gasteiger partial charge in [0, 0.05) is 22.4 Å². The predicted molar refractivity (Wildman–Crippen MR) is 127 cm³/mol. The van der Waals surface area contributed by atoms with Crippen LogP contribution in [0.15, 0.2) is 54.9 Å². The number of carbonyl (C=O) groups excluding carboxylic acids is 1. The number of benzene rings is 2. The lowest BCUT2D eigenvalue weighted by atomic mass is 10.2. The molecular weight excluding hydrogens is 477 g/mol. The van der Waals surface area contributed by atoms with Crippen LogP contribution >= 0.6 is 46.1 Å². The Kier molecular flexibility index (Phi) is 6.62. The molecule has 2 aromatic heterocycles. The van der Waals surface area contributed by atoms with Gasteiger partial charge >= 0.3 is 0 Å². The number of pyridine rings is 1. The number of anilines is 1. The van der Waals surface area contributed by atoms with Crippen molar-refractivity contribution in [3.05, 3.63) is 81.1 Å². The molecule has 0 saturated heterocycles. The predicted octanol–water partition coefficient (Wildman–Crippen LogP) is 6.57. The van der Waals surface area contributed by atoms with Crippen LogP contribution in [0.5, 0.6) is 5.75 Å². The van der Waals surface area contributed by atoms with Crippen molar-refractivity contribution in [1.82, 2.24) is 9.97 Å². The highest BCUT2D eigenvalue weighted by Gasteiger charge is 2.22. The standard InChI is InChI=1S/C22H16Cl3N3O2S/c1-13-7-16(24)9-19-21(13)27-22(31-19)28(11-14-3-2-6-26-10-14)20(29)12-30-18-5-4-15(23)8-17(18)25/h2-10H,11-12H2,1H3. The summed E-state index contributed by atoms with van der Waals surface area (Å²) in [6.45, 7) is 2.03. The van der Waals surface area contributed by atoms with Gasteiger partial charge in [0.05, 0.1) is 21.8 Å². The Morgan fingerprint density at radius 2 is 1.97 bits per heavy atom. The van der Waals surface area contributed by atoms with Gasteiger partial charge in [0.1, 0.15) is 5.75 Å². The summed E-state index contributed by atoms with van der Waals surface area (Å²) in [6, 6.07) is 12.3. The molecule has 158 valence electrons. The first-order chi connectivity index (χ1) is 14.9. The monoisotopic (exact) mass is 491 g/mol. The Morgan fingerprint density at radius 1 is 1.13 bits per heavy atom. The molecule has 31 heavy (non-hydrogen) atoms. The third-order valence-electron chi connectivity index (χ3n) is 4.48. The van der Waals surface area contributed by atoms with Gasteiger partial charge < -0.3 is 4.74 Å². The molecular formula is C22H16Cl3N3O2S. The zero-order chi connectivity index (χ0) is 22.0. The third kappa shape index (κ3) is 5.10. The number of hydrogen-bond donors (Lipinski definition) is 0. The van der Waals surface area contributed by atoms with Crippen molar-refractivity contribution in [2.24, 2.45) is 0 Å². The number of ether oxygens (including phenoxy) is 1. The number of fused-ring (bicyclic) bond motifs is 1. The van der Waals surface area contributed by atoms with E-state index in [2.05, 4.69) is 4.98 Å². The second-order valence-electron chi connectivity index (χ2n) is 6.77. The van der Waals surface area contributed by atoms with Gasteiger partial charge in [-0.2, -0.15) is 0 Å². The molecule has 0 radical (unpaired) electrons. The summed E-state index contributed by atoms with van der Waals surface area (Å²) < 4.78 is 6.58. The van der Waals surface area contributed by atoms with E-state index in [-0.39, 0.29) is 12.5 Å². The Labute approximate surface area is 198 Å². The van der Waals surface area contributed by atoms with Crippen molar-refractivity contribution in [2.75, 3.05) is 11.5 Å².